The molecule has 1 fully saturated rings. The summed E-state index contributed by atoms with van der Waals surface area (Å²) in [4.78, 5) is 12.1. The summed E-state index contributed by atoms with van der Waals surface area (Å²) in [6.07, 6.45) is 0.671. The van der Waals surface area contributed by atoms with Crippen molar-refractivity contribution in [2.45, 2.75) is 13.3 Å². The van der Waals surface area contributed by atoms with Crippen LogP contribution in [0.1, 0.15) is 12.0 Å². The maximum Gasteiger partial charge on any atom is 0.411 e. The first-order chi connectivity index (χ1) is 11.2. The van der Waals surface area contributed by atoms with E-state index in [-0.39, 0.29) is 0 Å². The van der Waals surface area contributed by atoms with E-state index in [0.29, 0.717) is 12.5 Å². The Kier molecular flexibility index (Phi) is 4.93. The number of anilines is 1. The van der Waals surface area contributed by atoms with Gasteiger partial charge in [-0.05, 0) is 31.5 Å². The molecule has 1 aliphatic heterocycles. The van der Waals surface area contributed by atoms with E-state index in [9.17, 15) is 4.79 Å². The number of benzene rings is 2. The van der Waals surface area contributed by atoms with Crippen LogP contribution in [0.4, 0.5) is 10.5 Å². The predicted molar refractivity (Wildman–Crippen MR) is 92.6 cm³/mol. The SMILES string of the molecule is Cc1cccc(-c2ccccc2NC(=O)OC[C@H]2CCNC2)c1. The zero-order valence-corrected chi connectivity index (χ0v) is 13.3. The van der Waals surface area contributed by atoms with E-state index in [1.807, 2.05) is 36.4 Å². The number of hydrogen-bond donors (Lipinski definition) is 2. The Labute approximate surface area is 136 Å². The largest absolute Gasteiger partial charge is 0.449 e. The number of para-hydroxylation sites is 1. The van der Waals surface area contributed by atoms with Crippen molar-refractivity contribution in [3.63, 3.8) is 0 Å². The van der Waals surface area contributed by atoms with Crippen LogP contribution in [-0.4, -0.2) is 25.8 Å². The van der Waals surface area contributed by atoms with Crippen LogP contribution in [0.15, 0.2) is 48.5 Å². The van der Waals surface area contributed by atoms with E-state index in [2.05, 4.69) is 29.7 Å². The van der Waals surface area contributed by atoms with E-state index >= 15 is 0 Å². The second kappa shape index (κ2) is 7.29. The molecular weight excluding hydrogens is 288 g/mol. The maximum atomic E-state index is 12.1. The van der Waals surface area contributed by atoms with Crippen molar-refractivity contribution in [3.8, 4) is 11.1 Å². The first-order valence-electron chi connectivity index (χ1n) is 8.03. The van der Waals surface area contributed by atoms with Gasteiger partial charge in [0.15, 0.2) is 0 Å². The third kappa shape index (κ3) is 4.11. The second-order valence-corrected chi connectivity index (χ2v) is 6.00. The Morgan fingerprint density at radius 2 is 2.13 bits per heavy atom. The molecule has 1 saturated heterocycles. The topological polar surface area (TPSA) is 50.4 Å². The van der Waals surface area contributed by atoms with Gasteiger partial charge in [0.2, 0.25) is 0 Å². The van der Waals surface area contributed by atoms with E-state index in [0.717, 1.165) is 36.3 Å². The second-order valence-electron chi connectivity index (χ2n) is 6.00. The molecule has 0 saturated carbocycles. The van der Waals surface area contributed by atoms with Gasteiger partial charge < -0.3 is 10.1 Å². The van der Waals surface area contributed by atoms with Gasteiger partial charge in [0.1, 0.15) is 0 Å². The molecule has 1 heterocycles. The lowest BCUT2D eigenvalue weighted by atomic mass is 10.0. The molecule has 4 nitrogen and oxygen atoms in total. The Morgan fingerprint density at radius 1 is 1.26 bits per heavy atom. The number of rotatable bonds is 4. The molecule has 0 radical (unpaired) electrons. The van der Waals surface area contributed by atoms with Crippen molar-refractivity contribution in [2.24, 2.45) is 5.92 Å². The fraction of sp³-hybridized carbons (Fsp3) is 0.316. The highest BCUT2D eigenvalue weighted by Gasteiger charge is 2.17. The summed E-state index contributed by atoms with van der Waals surface area (Å²) in [5.74, 6) is 0.424. The lowest BCUT2D eigenvalue weighted by molar-refractivity contribution is 0.144. The van der Waals surface area contributed by atoms with E-state index in [1.54, 1.807) is 0 Å². The lowest BCUT2D eigenvalue weighted by Gasteiger charge is -2.13. The first-order valence-corrected chi connectivity index (χ1v) is 8.03. The number of ether oxygens (including phenoxy) is 1. The molecule has 0 spiro atoms. The summed E-state index contributed by atoms with van der Waals surface area (Å²) in [6, 6.07) is 16.0. The molecule has 0 aliphatic carbocycles. The number of carbonyl (C=O) groups excluding carboxylic acids is 1. The maximum absolute atomic E-state index is 12.1. The molecule has 0 unspecified atom stereocenters. The summed E-state index contributed by atoms with van der Waals surface area (Å²) < 4.78 is 5.35. The van der Waals surface area contributed by atoms with Crippen molar-refractivity contribution in [1.82, 2.24) is 5.32 Å². The molecule has 0 aromatic heterocycles. The molecule has 120 valence electrons. The molecular formula is C19H22N2O2. The van der Waals surface area contributed by atoms with Gasteiger partial charge in [-0.25, -0.2) is 4.79 Å². The van der Waals surface area contributed by atoms with Crippen molar-refractivity contribution in [3.05, 3.63) is 54.1 Å². The van der Waals surface area contributed by atoms with Gasteiger partial charge in [0.05, 0.1) is 12.3 Å². The summed E-state index contributed by atoms with van der Waals surface area (Å²) >= 11 is 0. The van der Waals surface area contributed by atoms with E-state index < -0.39 is 6.09 Å². The van der Waals surface area contributed by atoms with Crippen molar-refractivity contribution in [2.75, 3.05) is 25.0 Å². The number of amides is 1. The zero-order chi connectivity index (χ0) is 16.1. The molecule has 2 aromatic rings. The molecule has 1 atom stereocenters. The molecule has 1 aliphatic rings. The van der Waals surface area contributed by atoms with Crippen LogP contribution in [0.25, 0.3) is 11.1 Å². The normalized spacial score (nSPS) is 17.0. The third-order valence-electron chi connectivity index (χ3n) is 4.11. The van der Waals surface area contributed by atoms with Crippen LogP contribution in [0.3, 0.4) is 0 Å². The van der Waals surface area contributed by atoms with E-state index in [4.69, 9.17) is 4.74 Å². The zero-order valence-electron chi connectivity index (χ0n) is 13.3. The minimum absolute atomic E-state index is 0.392. The van der Waals surface area contributed by atoms with Crippen molar-refractivity contribution in [1.29, 1.82) is 0 Å². The summed E-state index contributed by atoms with van der Waals surface area (Å²) in [5.41, 5.74) is 4.04. The summed E-state index contributed by atoms with van der Waals surface area (Å²) in [5, 5.41) is 6.14. The van der Waals surface area contributed by atoms with Crippen LogP contribution in [0.2, 0.25) is 0 Å². The van der Waals surface area contributed by atoms with Crippen molar-refractivity contribution < 1.29 is 9.53 Å². The quantitative estimate of drug-likeness (QED) is 0.902. The Hall–Kier alpha value is -2.33. The third-order valence-corrected chi connectivity index (χ3v) is 4.11. The van der Waals surface area contributed by atoms with Crippen LogP contribution in [-0.2, 0) is 4.74 Å². The monoisotopic (exact) mass is 310 g/mol. The minimum atomic E-state index is -0.392. The van der Waals surface area contributed by atoms with Gasteiger partial charge in [-0.3, -0.25) is 5.32 Å². The predicted octanol–water partition coefficient (Wildman–Crippen LogP) is 3.82. The molecule has 3 rings (SSSR count). The number of aryl methyl sites for hydroxylation is 1. The molecule has 4 heteroatoms. The average molecular weight is 310 g/mol. The summed E-state index contributed by atoms with van der Waals surface area (Å²) in [7, 11) is 0. The van der Waals surface area contributed by atoms with Crippen LogP contribution >= 0.6 is 0 Å². The average Bonchev–Trinajstić information content (AvgIpc) is 3.07. The van der Waals surface area contributed by atoms with Gasteiger partial charge in [-0.2, -0.15) is 0 Å². The van der Waals surface area contributed by atoms with Crippen LogP contribution in [0.5, 0.6) is 0 Å². The van der Waals surface area contributed by atoms with Gasteiger partial charge in [0.25, 0.3) is 0 Å². The summed E-state index contributed by atoms with van der Waals surface area (Å²) in [6.45, 7) is 4.45. The lowest BCUT2D eigenvalue weighted by Crippen LogP contribution is -2.20. The van der Waals surface area contributed by atoms with Crippen molar-refractivity contribution >= 4 is 11.8 Å². The number of carbonyl (C=O) groups is 1. The van der Waals surface area contributed by atoms with Gasteiger partial charge in [-0.15, -0.1) is 0 Å². The van der Waals surface area contributed by atoms with Crippen LogP contribution in [0, 0.1) is 12.8 Å². The molecule has 23 heavy (non-hydrogen) atoms. The highest BCUT2D eigenvalue weighted by atomic mass is 16.5. The van der Waals surface area contributed by atoms with E-state index in [1.165, 1.54) is 5.56 Å². The minimum Gasteiger partial charge on any atom is -0.449 e. The first kappa shape index (κ1) is 15.6. The highest BCUT2D eigenvalue weighted by Crippen LogP contribution is 2.28. The Balaban J connectivity index is 1.69. The fourth-order valence-corrected chi connectivity index (χ4v) is 2.85. The number of hydrogen-bond acceptors (Lipinski definition) is 3. The smallest absolute Gasteiger partial charge is 0.411 e. The standard InChI is InChI=1S/C19H22N2O2/c1-14-5-4-6-16(11-14)17-7-2-3-8-18(17)21-19(22)23-13-15-9-10-20-12-15/h2-8,11,15,20H,9-10,12-13H2,1H3,(H,21,22)/t15-/m0/s1. The van der Waals surface area contributed by atoms with Gasteiger partial charge in [-0.1, -0.05) is 48.0 Å². The molecule has 0 bridgehead atoms. The van der Waals surface area contributed by atoms with Gasteiger partial charge in [0, 0.05) is 18.0 Å². The molecule has 2 aromatic carbocycles. The Bertz CT molecular complexity index is 679. The van der Waals surface area contributed by atoms with Gasteiger partial charge >= 0.3 is 6.09 Å². The highest BCUT2D eigenvalue weighted by molar-refractivity contribution is 5.91. The van der Waals surface area contributed by atoms with Crippen LogP contribution < -0.4 is 10.6 Å². The molecule has 2 N–H and O–H groups in total. The Morgan fingerprint density at radius 3 is 2.91 bits per heavy atom. The fourth-order valence-electron chi connectivity index (χ4n) is 2.85. The molecule has 1 amide bonds. The number of nitrogens with one attached hydrogen (secondary N) is 2.